The van der Waals surface area contributed by atoms with Crippen molar-refractivity contribution < 1.29 is 0 Å². The molecule has 0 bridgehead atoms. The molecule has 3 rings (SSSR count). The number of benzene rings is 1. The lowest BCUT2D eigenvalue weighted by Crippen LogP contribution is -2.51. The zero-order valence-corrected chi connectivity index (χ0v) is 10.9. The smallest absolute Gasteiger partial charge is 0.0852 e. The average Bonchev–Trinajstić information content (AvgIpc) is 3.08. The Labute approximate surface area is 109 Å². The highest BCUT2D eigenvalue weighted by molar-refractivity contribution is 5.36. The van der Waals surface area contributed by atoms with Crippen LogP contribution in [-0.2, 0) is 5.41 Å². The Hall–Kier alpha value is -1.33. The second-order valence-electron chi connectivity index (χ2n) is 6.36. The van der Waals surface area contributed by atoms with Crippen LogP contribution in [0.25, 0.3) is 0 Å². The predicted molar refractivity (Wildman–Crippen MR) is 72.1 cm³/mol. The van der Waals surface area contributed by atoms with Gasteiger partial charge in [-0.05, 0) is 36.7 Å². The summed E-state index contributed by atoms with van der Waals surface area (Å²) in [6.07, 6.45) is 4.64. The maximum atomic E-state index is 9.47. The molecule has 0 saturated heterocycles. The van der Waals surface area contributed by atoms with Crippen molar-refractivity contribution in [1.82, 2.24) is 5.32 Å². The van der Waals surface area contributed by atoms with Gasteiger partial charge >= 0.3 is 0 Å². The number of nitrogens with one attached hydrogen (secondary N) is 1. The Morgan fingerprint density at radius 1 is 1.28 bits per heavy atom. The van der Waals surface area contributed by atoms with Gasteiger partial charge in [0.15, 0.2) is 0 Å². The summed E-state index contributed by atoms with van der Waals surface area (Å²) in [6.45, 7) is 3.46. The summed E-state index contributed by atoms with van der Waals surface area (Å²) < 4.78 is 0. The van der Waals surface area contributed by atoms with Crippen LogP contribution < -0.4 is 5.32 Å². The largest absolute Gasteiger partial charge is 0.313 e. The van der Waals surface area contributed by atoms with Crippen LogP contribution in [0.15, 0.2) is 30.3 Å². The Balaban J connectivity index is 1.60. The van der Waals surface area contributed by atoms with Gasteiger partial charge in [0.05, 0.1) is 11.5 Å². The highest BCUT2D eigenvalue weighted by Crippen LogP contribution is 2.46. The molecule has 0 radical (unpaired) electrons. The van der Waals surface area contributed by atoms with Crippen molar-refractivity contribution in [3.8, 4) is 6.07 Å². The number of hydrogen-bond acceptors (Lipinski definition) is 2. The van der Waals surface area contributed by atoms with Crippen molar-refractivity contribution in [2.75, 3.05) is 6.54 Å². The normalized spacial score (nSPS) is 32.3. The summed E-state index contributed by atoms with van der Waals surface area (Å²) in [5, 5.41) is 13.1. The molecule has 1 N–H and O–H groups in total. The van der Waals surface area contributed by atoms with Crippen LogP contribution >= 0.6 is 0 Å². The molecule has 2 aliphatic rings. The minimum atomic E-state index is -0.233. The minimum absolute atomic E-state index is 0.233. The van der Waals surface area contributed by atoms with E-state index >= 15 is 0 Å². The Bertz CT molecular complexity index is 462. The molecule has 1 aromatic rings. The molecule has 0 atom stereocenters. The monoisotopic (exact) mass is 240 g/mol. The van der Waals surface area contributed by atoms with E-state index in [1.54, 1.807) is 0 Å². The standard InChI is InChI=1S/C16H20N2/c1-15(7-8-15)12-18-14-9-16(10-14,11-17)13-5-3-2-4-6-13/h2-6,14,18H,7-10,12H2,1H3. The second kappa shape index (κ2) is 4.10. The Kier molecular flexibility index (Phi) is 2.68. The van der Waals surface area contributed by atoms with E-state index in [4.69, 9.17) is 0 Å². The molecule has 0 aromatic heterocycles. The lowest BCUT2D eigenvalue weighted by Gasteiger charge is -2.44. The van der Waals surface area contributed by atoms with E-state index in [0.29, 0.717) is 11.5 Å². The van der Waals surface area contributed by atoms with Crippen LogP contribution in [0.3, 0.4) is 0 Å². The quantitative estimate of drug-likeness (QED) is 0.878. The molecular formula is C16H20N2. The van der Waals surface area contributed by atoms with Crippen LogP contribution in [0.2, 0.25) is 0 Å². The molecule has 2 saturated carbocycles. The first-order chi connectivity index (χ1) is 8.66. The third-order valence-corrected chi connectivity index (χ3v) is 4.65. The molecule has 1 aromatic carbocycles. The molecule has 2 nitrogen and oxygen atoms in total. The van der Waals surface area contributed by atoms with Gasteiger partial charge < -0.3 is 5.32 Å². The lowest BCUT2D eigenvalue weighted by atomic mass is 9.62. The minimum Gasteiger partial charge on any atom is -0.313 e. The third kappa shape index (κ3) is 2.04. The summed E-state index contributed by atoms with van der Waals surface area (Å²) >= 11 is 0. The summed E-state index contributed by atoms with van der Waals surface area (Å²) in [6, 6.07) is 13.3. The molecule has 2 aliphatic carbocycles. The fourth-order valence-electron chi connectivity index (χ4n) is 2.86. The van der Waals surface area contributed by atoms with Crippen LogP contribution in [0, 0.1) is 16.7 Å². The Morgan fingerprint density at radius 2 is 1.94 bits per heavy atom. The highest BCUT2D eigenvalue weighted by Gasteiger charge is 2.47. The Morgan fingerprint density at radius 3 is 2.50 bits per heavy atom. The topological polar surface area (TPSA) is 35.8 Å². The SMILES string of the molecule is CC1(CNC2CC(C#N)(c3ccccc3)C2)CC1. The number of nitrogens with zero attached hydrogens (tertiary/aromatic N) is 1. The van der Waals surface area contributed by atoms with E-state index in [1.807, 2.05) is 18.2 Å². The molecule has 2 fully saturated rings. The first kappa shape index (κ1) is 11.7. The first-order valence-electron chi connectivity index (χ1n) is 6.86. The van der Waals surface area contributed by atoms with E-state index in [-0.39, 0.29) is 5.41 Å². The van der Waals surface area contributed by atoms with Crippen molar-refractivity contribution >= 4 is 0 Å². The van der Waals surface area contributed by atoms with E-state index in [2.05, 4.69) is 30.4 Å². The van der Waals surface area contributed by atoms with Gasteiger partial charge in [-0.15, -0.1) is 0 Å². The molecule has 2 heteroatoms. The number of rotatable bonds is 4. The van der Waals surface area contributed by atoms with Gasteiger partial charge in [0, 0.05) is 12.6 Å². The van der Waals surface area contributed by atoms with Crippen LogP contribution in [0.4, 0.5) is 0 Å². The summed E-state index contributed by atoms with van der Waals surface area (Å²) in [4.78, 5) is 0. The molecule has 0 amide bonds. The molecule has 0 spiro atoms. The molecule has 0 unspecified atom stereocenters. The average molecular weight is 240 g/mol. The second-order valence-corrected chi connectivity index (χ2v) is 6.36. The van der Waals surface area contributed by atoms with Crippen molar-refractivity contribution in [1.29, 1.82) is 5.26 Å². The fraction of sp³-hybridized carbons (Fsp3) is 0.562. The molecule has 0 heterocycles. The van der Waals surface area contributed by atoms with Gasteiger partial charge in [0.1, 0.15) is 0 Å². The van der Waals surface area contributed by atoms with Crippen LogP contribution in [-0.4, -0.2) is 12.6 Å². The maximum absolute atomic E-state index is 9.47. The van der Waals surface area contributed by atoms with Gasteiger partial charge in [-0.1, -0.05) is 37.3 Å². The number of nitriles is 1. The highest BCUT2D eigenvalue weighted by atomic mass is 15.0. The first-order valence-corrected chi connectivity index (χ1v) is 6.86. The zero-order chi connectivity index (χ0) is 12.6. The summed E-state index contributed by atoms with van der Waals surface area (Å²) in [5.74, 6) is 0. The van der Waals surface area contributed by atoms with Crippen molar-refractivity contribution in [2.45, 2.75) is 44.1 Å². The van der Waals surface area contributed by atoms with Crippen molar-refractivity contribution in [3.05, 3.63) is 35.9 Å². The van der Waals surface area contributed by atoms with Crippen LogP contribution in [0.1, 0.15) is 38.2 Å². The molecule has 0 aliphatic heterocycles. The molecule has 18 heavy (non-hydrogen) atoms. The van der Waals surface area contributed by atoms with Gasteiger partial charge in [0.25, 0.3) is 0 Å². The van der Waals surface area contributed by atoms with Crippen molar-refractivity contribution in [2.24, 2.45) is 5.41 Å². The van der Waals surface area contributed by atoms with Gasteiger partial charge in [-0.25, -0.2) is 0 Å². The fourth-order valence-corrected chi connectivity index (χ4v) is 2.86. The van der Waals surface area contributed by atoms with E-state index in [9.17, 15) is 5.26 Å². The number of hydrogen-bond donors (Lipinski definition) is 1. The van der Waals surface area contributed by atoms with Crippen molar-refractivity contribution in [3.63, 3.8) is 0 Å². The molecule has 94 valence electrons. The molecular weight excluding hydrogens is 220 g/mol. The van der Waals surface area contributed by atoms with Crippen LogP contribution in [0.5, 0.6) is 0 Å². The maximum Gasteiger partial charge on any atom is 0.0852 e. The van der Waals surface area contributed by atoms with Gasteiger partial charge in [-0.2, -0.15) is 5.26 Å². The zero-order valence-electron chi connectivity index (χ0n) is 10.9. The lowest BCUT2D eigenvalue weighted by molar-refractivity contribution is 0.217. The summed E-state index contributed by atoms with van der Waals surface area (Å²) in [5.41, 5.74) is 1.50. The van der Waals surface area contributed by atoms with E-state index in [1.165, 1.54) is 18.4 Å². The van der Waals surface area contributed by atoms with E-state index < -0.39 is 0 Å². The van der Waals surface area contributed by atoms with Gasteiger partial charge in [0.2, 0.25) is 0 Å². The third-order valence-electron chi connectivity index (χ3n) is 4.65. The predicted octanol–water partition coefficient (Wildman–Crippen LogP) is 3.00. The van der Waals surface area contributed by atoms with E-state index in [0.717, 1.165) is 19.4 Å². The van der Waals surface area contributed by atoms with Gasteiger partial charge in [-0.3, -0.25) is 0 Å². The summed E-state index contributed by atoms with van der Waals surface area (Å²) in [7, 11) is 0.